The van der Waals surface area contributed by atoms with E-state index >= 15 is 0 Å². The number of aryl methyl sites for hydroxylation is 1. The first kappa shape index (κ1) is 20.6. The highest BCUT2D eigenvalue weighted by Gasteiger charge is 2.36. The van der Waals surface area contributed by atoms with Crippen LogP contribution in [0, 0.1) is 18.3 Å². The van der Waals surface area contributed by atoms with Crippen LogP contribution in [0.3, 0.4) is 0 Å². The Morgan fingerprint density at radius 1 is 1.28 bits per heavy atom. The molecular formula is C18H10Cl2F3N5O. The van der Waals surface area contributed by atoms with Gasteiger partial charge >= 0.3 is 6.18 Å². The highest BCUT2D eigenvalue weighted by molar-refractivity contribution is 6.32. The topological polar surface area (TPSA) is 83.6 Å². The van der Waals surface area contributed by atoms with E-state index in [4.69, 9.17) is 23.2 Å². The van der Waals surface area contributed by atoms with Gasteiger partial charge in [0.25, 0.3) is 5.91 Å². The summed E-state index contributed by atoms with van der Waals surface area (Å²) in [6.45, 7) is 1.59. The van der Waals surface area contributed by atoms with Crippen molar-refractivity contribution >= 4 is 34.8 Å². The number of benzene rings is 1. The number of carbonyl (C=O) groups is 1. The lowest BCUT2D eigenvalue weighted by molar-refractivity contribution is -0.141. The van der Waals surface area contributed by atoms with E-state index in [2.05, 4.69) is 15.4 Å². The lowest BCUT2D eigenvalue weighted by atomic mass is 10.1. The van der Waals surface area contributed by atoms with Gasteiger partial charge in [0.05, 0.1) is 16.3 Å². The maximum atomic E-state index is 13.2. The number of aromatic nitrogens is 3. The standard InChI is InChI=1S/C18H10Cl2F3N5O/c1-9-5-11(19)6-10(8-24)15(9)26-17(29)13-7-14(18(21,22)23)27-28(13)16-12(20)3-2-4-25-16/h2-7H,1H3,(H,26,29). The zero-order valence-corrected chi connectivity index (χ0v) is 16.1. The molecule has 0 radical (unpaired) electrons. The van der Waals surface area contributed by atoms with Crippen molar-refractivity contribution < 1.29 is 18.0 Å². The molecule has 1 aromatic carbocycles. The van der Waals surface area contributed by atoms with E-state index in [0.717, 1.165) is 0 Å². The van der Waals surface area contributed by atoms with Crippen LogP contribution in [-0.2, 0) is 6.18 Å². The number of pyridine rings is 1. The number of nitriles is 1. The summed E-state index contributed by atoms with van der Waals surface area (Å²) in [6, 6.07) is 8.19. The van der Waals surface area contributed by atoms with Crippen molar-refractivity contribution in [2.45, 2.75) is 13.1 Å². The summed E-state index contributed by atoms with van der Waals surface area (Å²) in [5, 5.41) is 15.5. The van der Waals surface area contributed by atoms with Gasteiger partial charge in [0.2, 0.25) is 0 Å². The number of rotatable bonds is 3. The fourth-order valence-electron chi connectivity index (χ4n) is 2.55. The predicted molar refractivity (Wildman–Crippen MR) is 100 cm³/mol. The number of hydrogen-bond donors (Lipinski definition) is 1. The Morgan fingerprint density at radius 3 is 2.62 bits per heavy atom. The second-order valence-electron chi connectivity index (χ2n) is 5.84. The molecule has 11 heteroatoms. The van der Waals surface area contributed by atoms with Gasteiger partial charge in [-0.05, 0) is 36.8 Å². The molecular weight excluding hydrogens is 430 g/mol. The van der Waals surface area contributed by atoms with E-state index < -0.39 is 23.5 Å². The van der Waals surface area contributed by atoms with Crippen LogP contribution in [0.2, 0.25) is 10.0 Å². The van der Waals surface area contributed by atoms with Gasteiger partial charge in [-0.25, -0.2) is 9.67 Å². The van der Waals surface area contributed by atoms with Crippen LogP contribution < -0.4 is 5.32 Å². The van der Waals surface area contributed by atoms with Gasteiger partial charge in [-0.15, -0.1) is 0 Å². The molecule has 1 amide bonds. The fourth-order valence-corrected chi connectivity index (χ4v) is 3.03. The van der Waals surface area contributed by atoms with Crippen molar-refractivity contribution in [1.29, 1.82) is 5.26 Å². The van der Waals surface area contributed by atoms with E-state index in [9.17, 15) is 23.2 Å². The van der Waals surface area contributed by atoms with E-state index in [1.807, 2.05) is 6.07 Å². The summed E-state index contributed by atoms with van der Waals surface area (Å²) in [7, 11) is 0. The molecule has 0 aliphatic heterocycles. The number of alkyl halides is 3. The second-order valence-corrected chi connectivity index (χ2v) is 6.69. The SMILES string of the molecule is Cc1cc(Cl)cc(C#N)c1NC(=O)c1cc(C(F)(F)F)nn1-c1ncccc1Cl. The smallest absolute Gasteiger partial charge is 0.319 e. The van der Waals surface area contributed by atoms with Crippen molar-refractivity contribution in [1.82, 2.24) is 14.8 Å². The minimum Gasteiger partial charge on any atom is -0.319 e. The second kappa shape index (κ2) is 7.73. The first-order chi connectivity index (χ1) is 13.6. The molecule has 3 aromatic rings. The van der Waals surface area contributed by atoms with Crippen LogP contribution in [-0.4, -0.2) is 20.7 Å². The van der Waals surface area contributed by atoms with E-state index in [-0.39, 0.29) is 27.1 Å². The lowest BCUT2D eigenvalue weighted by Gasteiger charge is -2.12. The number of amides is 1. The van der Waals surface area contributed by atoms with Crippen molar-refractivity contribution in [3.8, 4) is 11.9 Å². The maximum absolute atomic E-state index is 13.2. The van der Waals surface area contributed by atoms with Gasteiger partial charge < -0.3 is 5.32 Å². The van der Waals surface area contributed by atoms with Crippen LogP contribution in [0.1, 0.15) is 27.3 Å². The van der Waals surface area contributed by atoms with Gasteiger partial charge in [-0.3, -0.25) is 4.79 Å². The Hall–Kier alpha value is -3.09. The molecule has 0 fully saturated rings. The third kappa shape index (κ3) is 4.18. The van der Waals surface area contributed by atoms with Crippen LogP contribution in [0.4, 0.5) is 18.9 Å². The molecule has 29 heavy (non-hydrogen) atoms. The molecule has 2 heterocycles. The highest BCUT2D eigenvalue weighted by atomic mass is 35.5. The number of hydrogen-bond acceptors (Lipinski definition) is 4. The Kier molecular flexibility index (Phi) is 5.50. The largest absolute Gasteiger partial charge is 0.435 e. The molecule has 148 valence electrons. The Bertz CT molecular complexity index is 1150. The predicted octanol–water partition coefficient (Wildman–Crippen LogP) is 5.03. The number of nitrogens with one attached hydrogen (secondary N) is 1. The van der Waals surface area contributed by atoms with E-state index in [1.54, 1.807) is 6.92 Å². The van der Waals surface area contributed by atoms with Gasteiger partial charge in [0, 0.05) is 17.3 Å². The number of halogens is 5. The van der Waals surface area contributed by atoms with Crippen LogP contribution in [0.25, 0.3) is 5.82 Å². The molecule has 0 saturated carbocycles. The molecule has 0 unspecified atom stereocenters. The third-order valence-corrected chi connectivity index (χ3v) is 4.34. The average molecular weight is 440 g/mol. The molecule has 6 nitrogen and oxygen atoms in total. The number of nitrogens with zero attached hydrogens (tertiary/aromatic N) is 4. The Labute approximate surface area is 172 Å². The van der Waals surface area contributed by atoms with Crippen molar-refractivity contribution in [3.05, 3.63) is 69.1 Å². The Morgan fingerprint density at radius 2 is 2.00 bits per heavy atom. The third-order valence-electron chi connectivity index (χ3n) is 3.83. The number of carbonyl (C=O) groups excluding carboxylic acids is 1. The first-order valence-electron chi connectivity index (χ1n) is 7.91. The van der Waals surface area contributed by atoms with E-state index in [1.165, 1.54) is 30.5 Å². The Balaban J connectivity index is 2.12. The van der Waals surface area contributed by atoms with Crippen molar-refractivity contribution in [2.24, 2.45) is 0 Å². The van der Waals surface area contributed by atoms with Gasteiger partial charge in [0.1, 0.15) is 11.8 Å². The summed E-state index contributed by atoms with van der Waals surface area (Å²) < 4.78 is 40.3. The molecule has 0 atom stereocenters. The molecule has 0 spiro atoms. The summed E-state index contributed by atoms with van der Waals surface area (Å²) in [6.07, 6.45) is -3.50. The summed E-state index contributed by atoms with van der Waals surface area (Å²) in [5.41, 5.74) is -1.12. The van der Waals surface area contributed by atoms with Crippen LogP contribution in [0.5, 0.6) is 0 Å². The average Bonchev–Trinajstić information content (AvgIpc) is 3.09. The molecule has 2 aromatic heterocycles. The lowest BCUT2D eigenvalue weighted by Crippen LogP contribution is -2.19. The molecule has 0 aliphatic carbocycles. The summed E-state index contributed by atoms with van der Waals surface area (Å²) in [4.78, 5) is 16.7. The summed E-state index contributed by atoms with van der Waals surface area (Å²) >= 11 is 11.9. The molecule has 0 bridgehead atoms. The van der Waals surface area contributed by atoms with Crippen LogP contribution in [0.15, 0.2) is 36.5 Å². The van der Waals surface area contributed by atoms with Crippen LogP contribution >= 0.6 is 23.2 Å². The van der Waals surface area contributed by atoms with Gasteiger partial charge in [0.15, 0.2) is 11.5 Å². The minimum absolute atomic E-state index is 0.00115. The molecule has 1 N–H and O–H groups in total. The zero-order valence-electron chi connectivity index (χ0n) is 14.6. The maximum Gasteiger partial charge on any atom is 0.435 e. The fraction of sp³-hybridized carbons (Fsp3) is 0.111. The zero-order chi connectivity index (χ0) is 21.3. The first-order valence-corrected chi connectivity index (χ1v) is 8.67. The minimum atomic E-state index is -4.80. The monoisotopic (exact) mass is 439 g/mol. The molecule has 0 saturated heterocycles. The number of anilines is 1. The van der Waals surface area contributed by atoms with Crippen molar-refractivity contribution in [3.63, 3.8) is 0 Å². The molecule has 0 aliphatic rings. The van der Waals surface area contributed by atoms with E-state index in [0.29, 0.717) is 16.3 Å². The van der Waals surface area contributed by atoms with Gasteiger partial charge in [-0.2, -0.15) is 23.5 Å². The quantitative estimate of drug-likeness (QED) is 0.620. The highest BCUT2D eigenvalue weighted by Crippen LogP contribution is 2.31. The molecule has 3 rings (SSSR count). The van der Waals surface area contributed by atoms with Crippen molar-refractivity contribution in [2.75, 3.05) is 5.32 Å². The van der Waals surface area contributed by atoms with Gasteiger partial charge in [-0.1, -0.05) is 23.2 Å². The normalized spacial score (nSPS) is 11.2. The summed E-state index contributed by atoms with van der Waals surface area (Å²) in [5.74, 6) is -1.08.